The summed E-state index contributed by atoms with van der Waals surface area (Å²) in [5, 5.41) is 5.25. The van der Waals surface area contributed by atoms with Crippen LogP contribution in [-0.2, 0) is 5.41 Å². The van der Waals surface area contributed by atoms with Crippen LogP contribution in [0.2, 0.25) is 0 Å². The molecule has 0 heterocycles. The lowest BCUT2D eigenvalue weighted by Crippen LogP contribution is -2.11. The van der Waals surface area contributed by atoms with Gasteiger partial charge in [0, 0.05) is 0 Å². The molecule has 0 aromatic heterocycles. The van der Waals surface area contributed by atoms with Crippen LogP contribution in [0, 0.1) is 0 Å². The van der Waals surface area contributed by atoms with Gasteiger partial charge in [-0.1, -0.05) is 87.5 Å². The van der Waals surface area contributed by atoms with Crippen molar-refractivity contribution in [1.82, 2.24) is 0 Å². The molecular weight excluding hydrogens is 288 g/mol. The second kappa shape index (κ2) is 5.49. The van der Waals surface area contributed by atoms with Crippen molar-refractivity contribution < 1.29 is 0 Å². The third-order valence-electron chi connectivity index (χ3n) is 4.77. The Bertz CT molecular complexity index is 1030. The largest absolute Gasteiger partial charge is 0.0616 e. The van der Waals surface area contributed by atoms with E-state index in [-0.39, 0.29) is 5.41 Å². The quantitative estimate of drug-likeness (QED) is 0.356. The maximum atomic E-state index is 2.35. The van der Waals surface area contributed by atoms with Gasteiger partial charge >= 0.3 is 0 Å². The first-order chi connectivity index (χ1) is 11.5. The predicted molar refractivity (Wildman–Crippen MR) is 106 cm³/mol. The van der Waals surface area contributed by atoms with Crippen LogP contribution in [0.3, 0.4) is 0 Å². The average Bonchev–Trinajstić information content (AvgIpc) is 2.59. The molecule has 0 nitrogen and oxygen atoms in total. The van der Waals surface area contributed by atoms with Gasteiger partial charge in [-0.25, -0.2) is 0 Å². The molecule has 0 aliphatic carbocycles. The monoisotopic (exact) mass is 310 g/mol. The van der Waals surface area contributed by atoms with E-state index in [2.05, 4.69) is 99.6 Å². The van der Waals surface area contributed by atoms with E-state index < -0.39 is 0 Å². The van der Waals surface area contributed by atoms with Crippen LogP contribution in [0.4, 0.5) is 0 Å². The molecule has 0 saturated heterocycles. The van der Waals surface area contributed by atoms with Crippen molar-refractivity contribution in [2.75, 3.05) is 0 Å². The van der Waals surface area contributed by atoms with E-state index in [1.54, 1.807) is 0 Å². The van der Waals surface area contributed by atoms with Gasteiger partial charge in [0.1, 0.15) is 0 Å². The van der Waals surface area contributed by atoms with Crippen molar-refractivity contribution in [3.05, 3.63) is 84.4 Å². The minimum absolute atomic E-state index is 0.140. The van der Waals surface area contributed by atoms with E-state index in [1.807, 2.05) is 0 Å². The summed E-state index contributed by atoms with van der Waals surface area (Å²) in [5.74, 6) is 0. The number of hydrogen-bond donors (Lipinski definition) is 0. The van der Waals surface area contributed by atoms with Gasteiger partial charge in [-0.3, -0.25) is 0 Å². The van der Waals surface area contributed by atoms with E-state index >= 15 is 0 Å². The van der Waals surface area contributed by atoms with Gasteiger partial charge in [-0.05, 0) is 55.8 Å². The minimum Gasteiger partial charge on any atom is -0.0616 e. The molecule has 0 saturated carbocycles. The highest BCUT2D eigenvalue weighted by molar-refractivity contribution is 5.93. The van der Waals surface area contributed by atoms with Crippen LogP contribution < -0.4 is 0 Å². The van der Waals surface area contributed by atoms with Crippen LogP contribution in [0.5, 0.6) is 0 Å². The molecule has 0 bridgehead atoms. The van der Waals surface area contributed by atoms with Gasteiger partial charge in [0.2, 0.25) is 0 Å². The summed E-state index contributed by atoms with van der Waals surface area (Å²) < 4.78 is 0. The first kappa shape index (κ1) is 15.0. The minimum atomic E-state index is 0.140. The zero-order valence-corrected chi connectivity index (χ0v) is 14.5. The first-order valence-corrected chi connectivity index (χ1v) is 8.55. The second-order valence-electron chi connectivity index (χ2n) is 7.55. The number of rotatable bonds is 1. The van der Waals surface area contributed by atoms with E-state index in [4.69, 9.17) is 0 Å². The Morgan fingerprint density at radius 3 is 1.92 bits per heavy atom. The standard InChI is InChI=1S/C24H22/c1-24(2,3)23-10-6-9-18-12-14-21(16-22(18)23)20-13-11-17-7-4-5-8-19(17)15-20/h4-16H,1-3H3. The second-order valence-corrected chi connectivity index (χ2v) is 7.55. The fourth-order valence-electron chi connectivity index (χ4n) is 3.48. The molecule has 0 fully saturated rings. The summed E-state index contributed by atoms with van der Waals surface area (Å²) in [7, 11) is 0. The summed E-state index contributed by atoms with van der Waals surface area (Å²) in [6.45, 7) is 6.85. The van der Waals surface area contributed by atoms with Crippen LogP contribution in [0.15, 0.2) is 78.9 Å². The van der Waals surface area contributed by atoms with Crippen LogP contribution in [0.25, 0.3) is 32.7 Å². The van der Waals surface area contributed by atoms with Crippen LogP contribution >= 0.6 is 0 Å². The third kappa shape index (κ3) is 2.59. The van der Waals surface area contributed by atoms with Crippen molar-refractivity contribution in [2.45, 2.75) is 26.2 Å². The fraction of sp³-hybridized carbons (Fsp3) is 0.167. The molecule has 0 radical (unpaired) electrons. The Balaban J connectivity index is 1.93. The Morgan fingerprint density at radius 1 is 0.542 bits per heavy atom. The molecule has 118 valence electrons. The van der Waals surface area contributed by atoms with Crippen molar-refractivity contribution in [2.24, 2.45) is 0 Å². The van der Waals surface area contributed by atoms with E-state index in [0.29, 0.717) is 0 Å². The Morgan fingerprint density at radius 2 is 1.17 bits per heavy atom. The molecule has 0 heteroatoms. The maximum Gasteiger partial charge on any atom is -0.0126 e. The predicted octanol–water partition coefficient (Wildman–Crippen LogP) is 6.96. The molecule has 4 aromatic carbocycles. The first-order valence-electron chi connectivity index (χ1n) is 8.55. The van der Waals surface area contributed by atoms with E-state index in [1.165, 1.54) is 38.2 Å². The average molecular weight is 310 g/mol. The topological polar surface area (TPSA) is 0 Å². The molecule has 0 N–H and O–H groups in total. The molecule has 4 aromatic rings. The smallest absolute Gasteiger partial charge is 0.0126 e. The zero-order chi connectivity index (χ0) is 16.7. The molecular formula is C24H22. The summed E-state index contributed by atoms with van der Waals surface area (Å²) in [4.78, 5) is 0. The van der Waals surface area contributed by atoms with Gasteiger partial charge in [0.15, 0.2) is 0 Å². The van der Waals surface area contributed by atoms with Gasteiger partial charge in [0.25, 0.3) is 0 Å². The molecule has 0 amide bonds. The highest BCUT2D eigenvalue weighted by Crippen LogP contribution is 2.33. The number of hydrogen-bond acceptors (Lipinski definition) is 0. The Labute approximate surface area is 143 Å². The van der Waals surface area contributed by atoms with Gasteiger partial charge in [0.05, 0.1) is 0 Å². The molecule has 0 aliphatic heterocycles. The SMILES string of the molecule is CC(C)(C)c1cccc2ccc(-c3ccc4ccccc4c3)cc12. The lowest BCUT2D eigenvalue weighted by atomic mass is 9.83. The zero-order valence-electron chi connectivity index (χ0n) is 14.5. The van der Waals surface area contributed by atoms with Gasteiger partial charge in [-0.2, -0.15) is 0 Å². The third-order valence-corrected chi connectivity index (χ3v) is 4.77. The molecule has 4 rings (SSSR count). The summed E-state index contributed by atoms with van der Waals surface area (Å²) in [5.41, 5.74) is 4.11. The fourth-order valence-corrected chi connectivity index (χ4v) is 3.48. The van der Waals surface area contributed by atoms with Crippen molar-refractivity contribution in [3.8, 4) is 11.1 Å². The normalized spacial score (nSPS) is 12.0. The van der Waals surface area contributed by atoms with E-state index in [9.17, 15) is 0 Å². The molecule has 0 aliphatic rings. The molecule has 0 atom stereocenters. The summed E-state index contributed by atoms with van der Waals surface area (Å²) >= 11 is 0. The maximum absolute atomic E-state index is 2.35. The Kier molecular flexibility index (Phi) is 3.42. The van der Waals surface area contributed by atoms with Gasteiger partial charge < -0.3 is 0 Å². The molecule has 24 heavy (non-hydrogen) atoms. The number of benzene rings is 4. The highest BCUT2D eigenvalue weighted by Gasteiger charge is 2.16. The molecule has 0 spiro atoms. The lowest BCUT2D eigenvalue weighted by molar-refractivity contribution is 0.596. The van der Waals surface area contributed by atoms with Crippen molar-refractivity contribution in [3.63, 3.8) is 0 Å². The summed E-state index contributed by atoms with van der Waals surface area (Å²) in [6, 6.07) is 28.7. The lowest BCUT2D eigenvalue weighted by Gasteiger charge is -2.21. The molecule has 0 unspecified atom stereocenters. The Hall–Kier alpha value is -2.60. The van der Waals surface area contributed by atoms with Gasteiger partial charge in [-0.15, -0.1) is 0 Å². The van der Waals surface area contributed by atoms with Crippen LogP contribution in [0.1, 0.15) is 26.3 Å². The summed E-state index contributed by atoms with van der Waals surface area (Å²) in [6.07, 6.45) is 0. The van der Waals surface area contributed by atoms with Crippen molar-refractivity contribution in [1.29, 1.82) is 0 Å². The number of fused-ring (bicyclic) bond motifs is 2. The van der Waals surface area contributed by atoms with Crippen LogP contribution in [-0.4, -0.2) is 0 Å². The van der Waals surface area contributed by atoms with E-state index in [0.717, 1.165) is 0 Å². The van der Waals surface area contributed by atoms with Crippen molar-refractivity contribution >= 4 is 21.5 Å². The highest BCUT2D eigenvalue weighted by atomic mass is 14.2.